The van der Waals surface area contributed by atoms with Crippen molar-refractivity contribution < 1.29 is 0 Å². The van der Waals surface area contributed by atoms with Crippen molar-refractivity contribution >= 4 is 19.9 Å². The van der Waals surface area contributed by atoms with Crippen LogP contribution < -0.4 is 10.4 Å². The van der Waals surface area contributed by atoms with Crippen molar-refractivity contribution in [3.05, 3.63) is 59.7 Å². The van der Waals surface area contributed by atoms with Gasteiger partial charge < -0.3 is 0 Å². The van der Waals surface area contributed by atoms with Crippen molar-refractivity contribution in [3.8, 4) is 0 Å². The van der Waals surface area contributed by atoms with Crippen LogP contribution in [-0.4, -0.2) is 9.52 Å². The van der Waals surface area contributed by atoms with Gasteiger partial charge in [0.2, 0.25) is 0 Å². The molecule has 0 aliphatic rings. The lowest BCUT2D eigenvalue weighted by Gasteiger charge is -2.26. The van der Waals surface area contributed by atoms with Gasteiger partial charge in [-0.3, -0.25) is 0 Å². The molecule has 1 heteroatoms. The van der Waals surface area contributed by atoms with Gasteiger partial charge in [0.1, 0.15) is 9.52 Å². The number of hydrogen-bond acceptors (Lipinski definition) is 0. The molecule has 0 unspecified atom stereocenters. The van der Waals surface area contributed by atoms with Crippen LogP contribution in [0.2, 0.25) is 0 Å². The lowest BCUT2D eigenvalue weighted by molar-refractivity contribution is 0.593. The fourth-order valence-electron chi connectivity index (χ4n) is 2.78. The second-order valence-electron chi connectivity index (χ2n) is 7.82. The van der Waals surface area contributed by atoms with Crippen molar-refractivity contribution in [2.75, 3.05) is 0 Å². The summed E-state index contributed by atoms with van der Waals surface area (Å²) < 4.78 is 0. The second-order valence-corrected chi connectivity index (χ2v) is 9.35. The van der Waals surface area contributed by atoms with Crippen LogP contribution in [0.15, 0.2) is 48.5 Å². The molecule has 1 radical (unpaired) electrons. The van der Waals surface area contributed by atoms with Gasteiger partial charge in [0, 0.05) is 0 Å². The summed E-state index contributed by atoms with van der Waals surface area (Å²) in [5.74, 6) is 0. The standard InChI is InChI=1S/C20H27Si/c1-19(2,3)15-11-7-9-13-17(15)21-18-14-10-8-12-16(18)20(4,5)6/h7-14,21H,1-6H3. The first-order valence-electron chi connectivity index (χ1n) is 7.73. The Morgan fingerprint density at radius 3 is 1.24 bits per heavy atom. The molecule has 2 rings (SSSR count). The monoisotopic (exact) mass is 295 g/mol. The van der Waals surface area contributed by atoms with Crippen molar-refractivity contribution in [1.29, 1.82) is 0 Å². The van der Waals surface area contributed by atoms with Crippen LogP contribution in [0.25, 0.3) is 0 Å². The molecule has 2 aromatic carbocycles. The summed E-state index contributed by atoms with van der Waals surface area (Å²) in [6.07, 6.45) is 0. The Hall–Kier alpha value is -1.34. The van der Waals surface area contributed by atoms with Gasteiger partial charge in [-0.15, -0.1) is 0 Å². The predicted octanol–water partition coefficient (Wildman–Crippen LogP) is 3.67. The van der Waals surface area contributed by atoms with Gasteiger partial charge in [-0.2, -0.15) is 0 Å². The summed E-state index contributed by atoms with van der Waals surface area (Å²) in [6.45, 7) is 13.8. The molecular weight excluding hydrogens is 268 g/mol. The third kappa shape index (κ3) is 3.85. The average Bonchev–Trinajstić information content (AvgIpc) is 2.37. The molecule has 0 N–H and O–H groups in total. The SMILES string of the molecule is CC(C)(C)c1ccccc1[SiH]c1ccccc1C(C)(C)C. The topological polar surface area (TPSA) is 0 Å². The van der Waals surface area contributed by atoms with E-state index >= 15 is 0 Å². The molecule has 0 aliphatic heterocycles. The second kappa shape index (κ2) is 5.80. The largest absolute Gasteiger partial charge is 0.104 e. The Labute approximate surface area is 132 Å². The van der Waals surface area contributed by atoms with Gasteiger partial charge in [-0.05, 0) is 22.0 Å². The highest BCUT2D eigenvalue weighted by atomic mass is 28.2. The van der Waals surface area contributed by atoms with Crippen LogP contribution >= 0.6 is 0 Å². The molecule has 0 heterocycles. The van der Waals surface area contributed by atoms with E-state index < -0.39 is 0 Å². The molecule has 0 bridgehead atoms. The van der Waals surface area contributed by atoms with Crippen LogP contribution in [0.5, 0.6) is 0 Å². The first kappa shape index (κ1) is 16.0. The molecule has 0 atom stereocenters. The minimum absolute atomic E-state index is 0.135. The lowest BCUT2D eigenvalue weighted by atomic mass is 9.87. The van der Waals surface area contributed by atoms with E-state index in [0.717, 1.165) is 0 Å². The van der Waals surface area contributed by atoms with Gasteiger partial charge in [0.05, 0.1) is 0 Å². The highest BCUT2D eigenvalue weighted by molar-refractivity contribution is 6.68. The van der Waals surface area contributed by atoms with Crippen LogP contribution in [0.1, 0.15) is 52.7 Å². The Morgan fingerprint density at radius 1 is 0.571 bits per heavy atom. The summed E-state index contributed by atoms with van der Waals surface area (Å²) in [4.78, 5) is 0. The van der Waals surface area contributed by atoms with Crippen molar-refractivity contribution in [2.24, 2.45) is 0 Å². The third-order valence-electron chi connectivity index (χ3n) is 3.85. The van der Waals surface area contributed by atoms with E-state index in [-0.39, 0.29) is 20.3 Å². The highest BCUT2D eigenvalue weighted by Gasteiger charge is 2.21. The Morgan fingerprint density at radius 2 is 0.905 bits per heavy atom. The van der Waals surface area contributed by atoms with Gasteiger partial charge in [-0.25, -0.2) is 0 Å². The van der Waals surface area contributed by atoms with Crippen molar-refractivity contribution in [2.45, 2.75) is 52.4 Å². The maximum atomic E-state index is 2.31. The Balaban J connectivity index is 2.45. The highest BCUT2D eigenvalue weighted by Crippen LogP contribution is 2.21. The normalized spacial score (nSPS) is 12.5. The summed E-state index contributed by atoms with van der Waals surface area (Å²) >= 11 is 0. The number of rotatable bonds is 2. The first-order valence-corrected chi connectivity index (χ1v) is 8.89. The van der Waals surface area contributed by atoms with Crippen molar-refractivity contribution in [3.63, 3.8) is 0 Å². The van der Waals surface area contributed by atoms with E-state index in [4.69, 9.17) is 0 Å². The molecule has 0 nitrogen and oxygen atoms in total. The molecular formula is C20H27Si. The van der Waals surface area contributed by atoms with Crippen LogP contribution in [0.4, 0.5) is 0 Å². The maximum Gasteiger partial charge on any atom is 0.104 e. The van der Waals surface area contributed by atoms with Gasteiger partial charge >= 0.3 is 0 Å². The first-order chi connectivity index (χ1) is 9.69. The summed E-state index contributed by atoms with van der Waals surface area (Å²) in [7, 11) is 0.135. The molecule has 111 valence electrons. The quantitative estimate of drug-likeness (QED) is 0.742. The fraction of sp³-hybridized carbons (Fsp3) is 0.400. The van der Waals surface area contributed by atoms with Crippen LogP contribution in [0.3, 0.4) is 0 Å². The molecule has 21 heavy (non-hydrogen) atoms. The summed E-state index contributed by atoms with van der Waals surface area (Å²) in [5.41, 5.74) is 3.40. The van der Waals surface area contributed by atoms with Gasteiger partial charge in [0.15, 0.2) is 0 Å². The molecule has 0 spiro atoms. The lowest BCUT2D eigenvalue weighted by Crippen LogP contribution is -2.37. The van der Waals surface area contributed by atoms with E-state index in [0.29, 0.717) is 0 Å². The zero-order chi connectivity index (χ0) is 15.7. The van der Waals surface area contributed by atoms with Gasteiger partial charge in [-0.1, -0.05) is 100 Å². The number of hydrogen-bond donors (Lipinski definition) is 0. The molecule has 0 fully saturated rings. The number of benzene rings is 2. The van der Waals surface area contributed by atoms with E-state index in [2.05, 4.69) is 90.1 Å². The van der Waals surface area contributed by atoms with Gasteiger partial charge in [0.25, 0.3) is 0 Å². The van der Waals surface area contributed by atoms with E-state index in [1.54, 1.807) is 0 Å². The minimum atomic E-state index is 0.135. The average molecular weight is 296 g/mol. The molecule has 0 saturated carbocycles. The Kier molecular flexibility index (Phi) is 4.43. The molecule has 0 aromatic heterocycles. The predicted molar refractivity (Wildman–Crippen MR) is 96.7 cm³/mol. The van der Waals surface area contributed by atoms with Crippen molar-refractivity contribution in [1.82, 2.24) is 0 Å². The third-order valence-corrected chi connectivity index (χ3v) is 5.48. The zero-order valence-corrected chi connectivity index (χ0v) is 15.4. The minimum Gasteiger partial charge on any atom is -0.0629 e. The molecule has 0 saturated heterocycles. The Bertz CT molecular complexity index is 557. The molecule has 0 amide bonds. The van der Waals surface area contributed by atoms with Crippen LogP contribution in [-0.2, 0) is 10.8 Å². The summed E-state index contributed by atoms with van der Waals surface area (Å²) in [5, 5.41) is 3.06. The molecule has 0 aliphatic carbocycles. The van der Waals surface area contributed by atoms with E-state index in [9.17, 15) is 0 Å². The van der Waals surface area contributed by atoms with E-state index in [1.165, 1.54) is 21.5 Å². The fourth-order valence-corrected chi connectivity index (χ4v) is 4.90. The smallest absolute Gasteiger partial charge is 0.0629 e. The van der Waals surface area contributed by atoms with E-state index in [1.807, 2.05) is 0 Å². The molecule has 2 aromatic rings. The zero-order valence-electron chi connectivity index (χ0n) is 14.2. The maximum absolute atomic E-state index is 2.31. The summed E-state index contributed by atoms with van der Waals surface area (Å²) in [6, 6.07) is 17.9. The van der Waals surface area contributed by atoms with Crippen LogP contribution in [0, 0.1) is 0 Å².